The molecule has 1 aliphatic rings. The minimum absolute atomic E-state index is 0.0428. The summed E-state index contributed by atoms with van der Waals surface area (Å²) >= 11 is 0. The van der Waals surface area contributed by atoms with Gasteiger partial charge in [0.05, 0.1) is 0 Å². The van der Waals surface area contributed by atoms with Gasteiger partial charge in [-0.15, -0.1) is 0 Å². The van der Waals surface area contributed by atoms with E-state index in [9.17, 15) is 4.79 Å². The molecule has 1 rings (SSSR count). The lowest BCUT2D eigenvalue weighted by Gasteiger charge is -2.16. The highest BCUT2D eigenvalue weighted by molar-refractivity contribution is 5.86. The van der Waals surface area contributed by atoms with Gasteiger partial charge in [-0.2, -0.15) is 5.10 Å². The molecule has 0 spiro atoms. The molecule has 1 aliphatic carbocycles. The number of nitrogens with one attached hydrogen (secondary N) is 2. The Balaban J connectivity index is -0.000000659. The fraction of sp³-hybridized carbons (Fsp3) is 0.900. The van der Waals surface area contributed by atoms with E-state index in [1.807, 2.05) is 41.5 Å². The Kier molecular flexibility index (Phi) is 25.4. The smallest absolute Gasteiger partial charge is 0.216 e. The fourth-order valence-electron chi connectivity index (χ4n) is 2.40. The summed E-state index contributed by atoms with van der Waals surface area (Å²) in [6.07, 6.45) is 7.08. The molecule has 0 saturated heterocycles. The molecule has 0 radical (unpaired) electrons. The summed E-state index contributed by atoms with van der Waals surface area (Å²) in [5.74, 6) is 0.469. The number of carbonyl (C=O) groups excluding carboxylic acids is 1. The SMILES string of the molecule is CC.CC.CC.CC/C(=N/NC1CCCC1)C(C)CCNC(C)=O. The molecule has 146 valence electrons. The molecule has 0 aromatic rings. The van der Waals surface area contributed by atoms with Crippen LogP contribution in [0.2, 0.25) is 0 Å². The molecule has 1 unspecified atom stereocenters. The minimum atomic E-state index is 0.0428. The first kappa shape index (κ1) is 27.8. The first-order valence-corrected chi connectivity index (χ1v) is 10.2. The van der Waals surface area contributed by atoms with Crippen LogP contribution >= 0.6 is 0 Å². The highest BCUT2D eigenvalue weighted by atomic mass is 16.1. The number of amides is 1. The average molecular weight is 344 g/mol. The van der Waals surface area contributed by atoms with Gasteiger partial charge in [-0.05, 0) is 31.6 Å². The van der Waals surface area contributed by atoms with Crippen LogP contribution in [0.3, 0.4) is 0 Å². The van der Waals surface area contributed by atoms with E-state index in [1.54, 1.807) is 6.92 Å². The number of carbonyl (C=O) groups is 1. The van der Waals surface area contributed by atoms with Crippen molar-refractivity contribution in [3.63, 3.8) is 0 Å². The monoisotopic (exact) mass is 343 g/mol. The topological polar surface area (TPSA) is 53.5 Å². The van der Waals surface area contributed by atoms with E-state index in [0.29, 0.717) is 12.0 Å². The largest absolute Gasteiger partial charge is 0.356 e. The molecule has 1 amide bonds. The maximum atomic E-state index is 10.8. The van der Waals surface area contributed by atoms with E-state index in [0.717, 1.165) is 19.4 Å². The normalized spacial score (nSPS) is 14.8. The highest BCUT2D eigenvalue weighted by Gasteiger charge is 2.15. The Morgan fingerprint density at radius 2 is 1.58 bits per heavy atom. The zero-order valence-electron chi connectivity index (χ0n) is 18.0. The van der Waals surface area contributed by atoms with Gasteiger partial charge in [0.1, 0.15) is 0 Å². The molecule has 24 heavy (non-hydrogen) atoms. The van der Waals surface area contributed by atoms with E-state index in [1.165, 1.54) is 31.4 Å². The predicted octanol–water partition coefficient (Wildman–Crippen LogP) is 5.53. The molecule has 0 bridgehead atoms. The quantitative estimate of drug-likeness (QED) is 0.472. The van der Waals surface area contributed by atoms with Gasteiger partial charge in [0.25, 0.3) is 0 Å². The van der Waals surface area contributed by atoms with E-state index < -0.39 is 0 Å². The zero-order valence-corrected chi connectivity index (χ0v) is 18.0. The Hall–Kier alpha value is -1.06. The van der Waals surface area contributed by atoms with Crippen LogP contribution in [0.5, 0.6) is 0 Å². The van der Waals surface area contributed by atoms with Crippen LogP contribution in [-0.4, -0.2) is 24.2 Å². The number of nitrogens with zero attached hydrogens (tertiary/aromatic N) is 1. The summed E-state index contributed by atoms with van der Waals surface area (Å²) in [4.78, 5) is 10.8. The summed E-state index contributed by atoms with van der Waals surface area (Å²) in [7, 11) is 0. The van der Waals surface area contributed by atoms with Crippen LogP contribution in [0.4, 0.5) is 0 Å². The van der Waals surface area contributed by atoms with E-state index >= 15 is 0 Å². The van der Waals surface area contributed by atoms with Crippen molar-refractivity contribution >= 4 is 11.6 Å². The van der Waals surface area contributed by atoms with Crippen LogP contribution in [0.1, 0.15) is 101 Å². The summed E-state index contributed by atoms with van der Waals surface area (Å²) in [5.41, 5.74) is 4.53. The molecule has 0 aromatic carbocycles. The van der Waals surface area contributed by atoms with Crippen molar-refractivity contribution in [2.75, 3.05) is 6.54 Å². The first-order valence-electron chi connectivity index (χ1n) is 10.2. The van der Waals surface area contributed by atoms with Crippen molar-refractivity contribution in [1.82, 2.24) is 10.7 Å². The Bertz CT molecular complexity index is 285. The van der Waals surface area contributed by atoms with E-state index in [-0.39, 0.29) is 5.91 Å². The van der Waals surface area contributed by atoms with Gasteiger partial charge in [-0.3, -0.25) is 4.79 Å². The third-order valence-corrected chi connectivity index (χ3v) is 3.63. The van der Waals surface area contributed by atoms with Gasteiger partial charge in [-0.1, -0.05) is 68.2 Å². The summed E-state index contributed by atoms with van der Waals surface area (Å²) < 4.78 is 0. The predicted molar refractivity (Wildman–Crippen MR) is 110 cm³/mol. The van der Waals surface area contributed by atoms with Crippen LogP contribution in [0.25, 0.3) is 0 Å². The second-order valence-corrected chi connectivity index (χ2v) is 5.24. The van der Waals surface area contributed by atoms with Crippen molar-refractivity contribution < 1.29 is 4.79 Å². The molecule has 0 aliphatic heterocycles. The highest BCUT2D eigenvalue weighted by Crippen LogP contribution is 2.18. The lowest BCUT2D eigenvalue weighted by atomic mass is 10.00. The number of rotatable bonds is 7. The van der Waals surface area contributed by atoms with Gasteiger partial charge >= 0.3 is 0 Å². The van der Waals surface area contributed by atoms with Crippen LogP contribution < -0.4 is 10.7 Å². The number of hydrogen-bond acceptors (Lipinski definition) is 3. The maximum absolute atomic E-state index is 10.8. The van der Waals surface area contributed by atoms with Crippen molar-refractivity contribution in [3.05, 3.63) is 0 Å². The summed E-state index contributed by atoms with van der Waals surface area (Å²) in [5, 5.41) is 7.41. The molecule has 4 nitrogen and oxygen atoms in total. The van der Waals surface area contributed by atoms with Gasteiger partial charge in [0, 0.05) is 25.2 Å². The fourth-order valence-corrected chi connectivity index (χ4v) is 2.40. The number of hydrazone groups is 1. The van der Waals surface area contributed by atoms with Gasteiger partial charge in [0.2, 0.25) is 5.91 Å². The third-order valence-electron chi connectivity index (χ3n) is 3.63. The molecule has 1 atom stereocenters. The Morgan fingerprint density at radius 3 is 2.00 bits per heavy atom. The van der Waals surface area contributed by atoms with Gasteiger partial charge in [0.15, 0.2) is 0 Å². The molecule has 1 fully saturated rings. The lowest BCUT2D eigenvalue weighted by Crippen LogP contribution is -2.27. The molecular weight excluding hydrogens is 298 g/mol. The maximum Gasteiger partial charge on any atom is 0.216 e. The van der Waals surface area contributed by atoms with Crippen molar-refractivity contribution in [2.45, 2.75) is 107 Å². The van der Waals surface area contributed by atoms with E-state index in [4.69, 9.17) is 0 Å². The molecular formula is C20H45N3O. The van der Waals surface area contributed by atoms with Crippen molar-refractivity contribution in [1.29, 1.82) is 0 Å². The number of hydrogen-bond donors (Lipinski definition) is 2. The second kappa shape index (κ2) is 21.9. The van der Waals surface area contributed by atoms with Crippen molar-refractivity contribution in [3.8, 4) is 0 Å². The molecule has 1 saturated carbocycles. The van der Waals surface area contributed by atoms with Gasteiger partial charge < -0.3 is 10.7 Å². The second-order valence-electron chi connectivity index (χ2n) is 5.24. The Labute approximate surface area is 152 Å². The molecule has 2 N–H and O–H groups in total. The molecule has 4 heteroatoms. The summed E-state index contributed by atoms with van der Waals surface area (Å²) in [6.45, 7) is 18.6. The molecule has 0 heterocycles. The lowest BCUT2D eigenvalue weighted by molar-refractivity contribution is -0.118. The average Bonchev–Trinajstić information content (AvgIpc) is 3.14. The first-order chi connectivity index (χ1) is 11.6. The van der Waals surface area contributed by atoms with Gasteiger partial charge in [-0.25, -0.2) is 0 Å². The van der Waals surface area contributed by atoms with Crippen LogP contribution in [0, 0.1) is 5.92 Å². The standard InChI is InChI=1S/C14H27N3O.3C2H6/c1-4-14(11(2)9-10-15-12(3)18)17-16-13-7-5-6-8-13;3*1-2/h11,13,16H,4-10H2,1-3H3,(H,15,18);3*1-2H3/b17-14-;;;. The van der Waals surface area contributed by atoms with Crippen LogP contribution in [-0.2, 0) is 4.79 Å². The summed E-state index contributed by atoms with van der Waals surface area (Å²) in [6, 6.07) is 0.578. The van der Waals surface area contributed by atoms with Crippen LogP contribution in [0.15, 0.2) is 5.10 Å². The zero-order chi connectivity index (χ0) is 19.4. The minimum Gasteiger partial charge on any atom is -0.356 e. The van der Waals surface area contributed by atoms with E-state index in [2.05, 4.69) is 29.7 Å². The molecule has 0 aromatic heterocycles. The third kappa shape index (κ3) is 15.8. The van der Waals surface area contributed by atoms with Crippen molar-refractivity contribution in [2.24, 2.45) is 11.0 Å². The Morgan fingerprint density at radius 1 is 1.08 bits per heavy atom.